The minimum Gasteiger partial charge on any atom is -0.295 e. The van der Waals surface area contributed by atoms with E-state index in [0.717, 1.165) is 17.6 Å². The summed E-state index contributed by atoms with van der Waals surface area (Å²) in [5, 5.41) is 0. The van der Waals surface area contributed by atoms with E-state index in [4.69, 9.17) is 0 Å². The molecule has 1 nitrogen and oxygen atoms in total. The Morgan fingerprint density at radius 3 is 2.20 bits per heavy atom. The van der Waals surface area contributed by atoms with Gasteiger partial charge in [0.2, 0.25) is 0 Å². The van der Waals surface area contributed by atoms with Gasteiger partial charge in [0.25, 0.3) is 0 Å². The van der Waals surface area contributed by atoms with Crippen molar-refractivity contribution in [3.05, 3.63) is 23.8 Å². The zero-order chi connectivity index (χ0) is 8.15. The van der Waals surface area contributed by atoms with E-state index < -0.39 is 0 Å². The van der Waals surface area contributed by atoms with Crippen molar-refractivity contribution in [3.63, 3.8) is 0 Å². The highest BCUT2D eigenvalue weighted by Gasteiger charge is 1.91. The Morgan fingerprint density at radius 2 is 1.90 bits per heavy atom. The third kappa shape index (κ3) is 5.29. The fraction of sp³-hybridized carbons (Fsp3) is 0.444. The van der Waals surface area contributed by atoms with E-state index >= 15 is 0 Å². The monoisotopic (exact) mass is 138 g/mol. The van der Waals surface area contributed by atoms with Gasteiger partial charge in [0.15, 0.2) is 5.78 Å². The Kier molecular flexibility index (Phi) is 3.70. The van der Waals surface area contributed by atoms with Crippen molar-refractivity contribution in [1.82, 2.24) is 0 Å². The molecule has 1 heteroatoms. The summed E-state index contributed by atoms with van der Waals surface area (Å²) in [4.78, 5) is 10.5. The standard InChI is InChI=1S/C9H14O/c1-7(2)5-8(3)6-9(4)10/h6H,1,5H2,2-4H3/b8-6+. The highest BCUT2D eigenvalue weighted by atomic mass is 16.1. The van der Waals surface area contributed by atoms with E-state index in [-0.39, 0.29) is 5.78 Å². The third-order valence-corrected chi connectivity index (χ3v) is 1.03. The highest BCUT2D eigenvalue weighted by Crippen LogP contribution is 2.06. The normalized spacial score (nSPS) is 11.3. The van der Waals surface area contributed by atoms with Crippen LogP contribution in [0.1, 0.15) is 27.2 Å². The molecule has 0 fully saturated rings. The number of ketones is 1. The molecule has 0 rings (SSSR count). The van der Waals surface area contributed by atoms with Gasteiger partial charge in [-0.1, -0.05) is 17.7 Å². The van der Waals surface area contributed by atoms with Crippen molar-refractivity contribution in [1.29, 1.82) is 0 Å². The molecule has 0 N–H and O–H groups in total. The van der Waals surface area contributed by atoms with Gasteiger partial charge in [-0.05, 0) is 33.3 Å². The molecule has 0 unspecified atom stereocenters. The molecule has 0 amide bonds. The largest absolute Gasteiger partial charge is 0.295 e. The average Bonchev–Trinajstić information content (AvgIpc) is 1.58. The number of hydrogen-bond donors (Lipinski definition) is 0. The molecule has 0 aromatic rings. The van der Waals surface area contributed by atoms with Crippen molar-refractivity contribution in [2.24, 2.45) is 0 Å². The predicted molar refractivity (Wildman–Crippen MR) is 43.9 cm³/mol. The van der Waals surface area contributed by atoms with Crippen molar-refractivity contribution in [3.8, 4) is 0 Å². The maximum atomic E-state index is 10.5. The lowest BCUT2D eigenvalue weighted by Crippen LogP contribution is -1.85. The molecule has 0 aliphatic carbocycles. The van der Waals surface area contributed by atoms with Gasteiger partial charge < -0.3 is 0 Å². The van der Waals surface area contributed by atoms with E-state index in [1.54, 1.807) is 13.0 Å². The molecule has 0 aliphatic rings. The predicted octanol–water partition coefficient (Wildman–Crippen LogP) is 2.49. The molecule has 0 heterocycles. The summed E-state index contributed by atoms with van der Waals surface area (Å²) in [7, 11) is 0. The second-order valence-electron chi connectivity index (χ2n) is 2.74. The van der Waals surface area contributed by atoms with Gasteiger partial charge in [-0.3, -0.25) is 4.79 Å². The Labute approximate surface area is 62.4 Å². The SMILES string of the molecule is C=C(C)C/C(C)=C/C(C)=O. The van der Waals surface area contributed by atoms with Crippen molar-refractivity contribution >= 4 is 5.78 Å². The molecule has 0 aliphatic heterocycles. The zero-order valence-corrected chi connectivity index (χ0v) is 6.90. The van der Waals surface area contributed by atoms with Crippen LogP contribution in [0.2, 0.25) is 0 Å². The van der Waals surface area contributed by atoms with Gasteiger partial charge in [-0.25, -0.2) is 0 Å². The van der Waals surface area contributed by atoms with Gasteiger partial charge in [-0.2, -0.15) is 0 Å². The Bertz CT molecular complexity index is 175. The molecule has 0 saturated heterocycles. The molecule has 56 valence electrons. The average molecular weight is 138 g/mol. The summed E-state index contributed by atoms with van der Waals surface area (Å²) in [6, 6.07) is 0. The van der Waals surface area contributed by atoms with E-state index in [9.17, 15) is 4.79 Å². The molecule has 0 atom stereocenters. The molecular weight excluding hydrogens is 124 g/mol. The van der Waals surface area contributed by atoms with Crippen molar-refractivity contribution in [2.75, 3.05) is 0 Å². The summed E-state index contributed by atoms with van der Waals surface area (Å²) >= 11 is 0. The quantitative estimate of drug-likeness (QED) is 0.432. The lowest BCUT2D eigenvalue weighted by molar-refractivity contribution is -0.112. The first kappa shape index (κ1) is 9.15. The van der Waals surface area contributed by atoms with E-state index in [1.165, 1.54) is 0 Å². The summed E-state index contributed by atoms with van der Waals surface area (Å²) in [5.74, 6) is 0.110. The maximum absolute atomic E-state index is 10.5. The lowest BCUT2D eigenvalue weighted by Gasteiger charge is -1.96. The van der Waals surface area contributed by atoms with Crippen molar-refractivity contribution in [2.45, 2.75) is 27.2 Å². The Morgan fingerprint density at radius 1 is 1.40 bits per heavy atom. The van der Waals surface area contributed by atoms with Crippen LogP contribution in [0.5, 0.6) is 0 Å². The molecule has 0 aromatic heterocycles. The van der Waals surface area contributed by atoms with E-state index in [1.807, 2.05) is 13.8 Å². The number of carbonyl (C=O) groups excluding carboxylic acids is 1. The van der Waals surface area contributed by atoms with Gasteiger partial charge in [0, 0.05) is 0 Å². The zero-order valence-electron chi connectivity index (χ0n) is 6.90. The van der Waals surface area contributed by atoms with Crippen LogP contribution >= 0.6 is 0 Å². The van der Waals surface area contributed by atoms with Gasteiger partial charge in [0.1, 0.15) is 0 Å². The molecular formula is C9H14O. The van der Waals surface area contributed by atoms with Crippen LogP contribution in [-0.4, -0.2) is 5.78 Å². The second kappa shape index (κ2) is 4.04. The first-order valence-electron chi connectivity index (χ1n) is 3.34. The van der Waals surface area contributed by atoms with Crippen LogP contribution in [0.4, 0.5) is 0 Å². The first-order valence-corrected chi connectivity index (χ1v) is 3.34. The van der Waals surface area contributed by atoms with E-state index in [0.29, 0.717) is 0 Å². The van der Waals surface area contributed by atoms with Crippen LogP contribution in [0.25, 0.3) is 0 Å². The highest BCUT2D eigenvalue weighted by molar-refractivity contribution is 5.87. The topological polar surface area (TPSA) is 17.1 Å². The summed E-state index contributed by atoms with van der Waals surface area (Å²) < 4.78 is 0. The fourth-order valence-electron chi connectivity index (χ4n) is 0.874. The minimum atomic E-state index is 0.110. The second-order valence-corrected chi connectivity index (χ2v) is 2.74. The van der Waals surface area contributed by atoms with E-state index in [2.05, 4.69) is 6.58 Å². The molecule has 0 bridgehead atoms. The Hall–Kier alpha value is -0.850. The van der Waals surface area contributed by atoms with Crippen LogP contribution in [0.15, 0.2) is 23.8 Å². The molecule has 10 heavy (non-hydrogen) atoms. The van der Waals surface area contributed by atoms with Crippen LogP contribution in [0, 0.1) is 0 Å². The third-order valence-electron chi connectivity index (χ3n) is 1.03. The first-order chi connectivity index (χ1) is 4.52. The lowest BCUT2D eigenvalue weighted by atomic mass is 10.1. The maximum Gasteiger partial charge on any atom is 0.152 e. The Balaban J connectivity index is 3.95. The molecule has 0 spiro atoms. The summed E-state index contributed by atoms with van der Waals surface area (Å²) in [6.07, 6.45) is 2.48. The van der Waals surface area contributed by atoms with Crippen molar-refractivity contribution < 1.29 is 4.79 Å². The summed E-state index contributed by atoms with van der Waals surface area (Å²) in [5.41, 5.74) is 2.18. The summed E-state index contributed by atoms with van der Waals surface area (Å²) in [6.45, 7) is 9.20. The van der Waals surface area contributed by atoms with Gasteiger partial charge >= 0.3 is 0 Å². The van der Waals surface area contributed by atoms with Crippen LogP contribution < -0.4 is 0 Å². The molecule has 0 radical (unpaired) electrons. The molecule has 0 saturated carbocycles. The number of hydrogen-bond acceptors (Lipinski definition) is 1. The fourth-order valence-corrected chi connectivity index (χ4v) is 0.874. The molecule has 0 aromatic carbocycles. The number of carbonyl (C=O) groups is 1. The van der Waals surface area contributed by atoms with Crippen LogP contribution in [0.3, 0.4) is 0 Å². The van der Waals surface area contributed by atoms with Gasteiger partial charge in [-0.15, -0.1) is 0 Å². The number of allylic oxidation sites excluding steroid dienone is 3. The number of rotatable bonds is 3. The van der Waals surface area contributed by atoms with Crippen LogP contribution in [-0.2, 0) is 4.79 Å². The smallest absolute Gasteiger partial charge is 0.152 e. The minimum absolute atomic E-state index is 0.110. The van der Waals surface area contributed by atoms with Gasteiger partial charge in [0.05, 0.1) is 0 Å².